The van der Waals surface area contributed by atoms with Crippen LogP contribution in [0.2, 0.25) is 10.0 Å². The topological polar surface area (TPSA) is 95.0 Å². The number of amides is 1. The third-order valence-corrected chi connectivity index (χ3v) is 11.3. The van der Waals surface area contributed by atoms with Crippen molar-refractivity contribution in [3.8, 4) is 0 Å². The van der Waals surface area contributed by atoms with Gasteiger partial charge in [0.2, 0.25) is 15.9 Å². The lowest BCUT2D eigenvalue weighted by Gasteiger charge is -2.49. The number of carboxylic acids is 1. The molecule has 0 radical (unpaired) electrons. The van der Waals surface area contributed by atoms with Gasteiger partial charge in [-0.3, -0.25) is 9.59 Å². The van der Waals surface area contributed by atoms with E-state index in [2.05, 4.69) is 0 Å². The maximum absolute atomic E-state index is 14.3. The Labute approximate surface area is 233 Å². The molecule has 1 amide bonds. The fourth-order valence-corrected chi connectivity index (χ4v) is 8.12. The van der Waals surface area contributed by atoms with Crippen LogP contribution in [0.4, 0.5) is 0 Å². The number of hydrogen-bond acceptors (Lipinski definition) is 4. The predicted molar refractivity (Wildman–Crippen MR) is 147 cm³/mol. The van der Waals surface area contributed by atoms with Crippen LogP contribution in [-0.2, 0) is 19.6 Å². The summed E-state index contributed by atoms with van der Waals surface area (Å²) in [7, 11) is -1.88. The molecule has 2 aromatic carbocycles. The van der Waals surface area contributed by atoms with Crippen LogP contribution in [0.1, 0.15) is 62.1 Å². The number of likely N-dealkylation sites (N-methyl/N-ethyl adjacent to an activating group) is 1. The monoisotopic (exact) mass is 578 g/mol. The quantitative estimate of drug-likeness (QED) is 0.433. The van der Waals surface area contributed by atoms with E-state index in [0.717, 1.165) is 11.1 Å². The molecule has 5 rings (SSSR count). The zero-order valence-electron chi connectivity index (χ0n) is 21.4. The van der Waals surface area contributed by atoms with E-state index in [1.165, 1.54) is 4.31 Å². The highest BCUT2D eigenvalue weighted by atomic mass is 35.5. The number of piperidine rings is 1. The second kappa shape index (κ2) is 10.1. The molecule has 1 saturated heterocycles. The molecular weight excluding hydrogens is 547 g/mol. The third-order valence-electron chi connectivity index (χ3n) is 8.50. The lowest BCUT2D eigenvalue weighted by atomic mass is 9.72. The number of hydrogen-bond donors (Lipinski definition) is 1. The lowest BCUT2D eigenvalue weighted by Crippen LogP contribution is -2.56. The summed E-state index contributed by atoms with van der Waals surface area (Å²) in [6.07, 6.45) is 2.46. The highest BCUT2D eigenvalue weighted by molar-refractivity contribution is 7.90. The number of aliphatic carboxylic acids is 1. The van der Waals surface area contributed by atoms with E-state index >= 15 is 0 Å². The summed E-state index contributed by atoms with van der Waals surface area (Å²) in [6, 6.07) is 13.9. The van der Waals surface area contributed by atoms with Crippen LogP contribution in [0.15, 0.2) is 48.5 Å². The molecule has 2 aromatic rings. The SMILES string of the molecule is CC[C@@H](CN(C)S(=O)(=O)C1CC1)N1C(=O)[C@@]2(C[C@H](c3cccc(Cl)c3)[C@H]1c1ccc(Cl)cc1)C[C@@H]2C(=O)O. The molecule has 204 valence electrons. The third kappa shape index (κ3) is 4.85. The van der Waals surface area contributed by atoms with E-state index in [0.29, 0.717) is 35.7 Å². The first-order valence-corrected chi connectivity index (χ1v) is 15.3. The van der Waals surface area contributed by atoms with Crippen LogP contribution in [0.3, 0.4) is 0 Å². The summed E-state index contributed by atoms with van der Waals surface area (Å²) in [5, 5.41) is 10.7. The molecule has 7 nitrogen and oxygen atoms in total. The summed E-state index contributed by atoms with van der Waals surface area (Å²) in [5.74, 6) is -2.20. The van der Waals surface area contributed by atoms with E-state index in [4.69, 9.17) is 23.2 Å². The van der Waals surface area contributed by atoms with Crippen molar-refractivity contribution in [2.75, 3.05) is 13.6 Å². The number of nitrogens with zero attached hydrogens (tertiary/aromatic N) is 2. The van der Waals surface area contributed by atoms with Gasteiger partial charge in [-0.15, -0.1) is 0 Å². The van der Waals surface area contributed by atoms with Crippen molar-refractivity contribution in [2.45, 2.75) is 62.3 Å². The van der Waals surface area contributed by atoms with Crippen molar-refractivity contribution in [1.29, 1.82) is 0 Å². The van der Waals surface area contributed by atoms with Gasteiger partial charge in [0.25, 0.3) is 0 Å². The maximum atomic E-state index is 14.3. The normalized spacial score (nSPS) is 28.1. The minimum absolute atomic E-state index is 0.140. The summed E-state index contributed by atoms with van der Waals surface area (Å²) in [5.41, 5.74) is 0.753. The van der Waals surface area contributed by atoms with Crippen LogP contribution in [0.25, 0.3) is 0 Å². The van der Waals surface area contributed by atoms with Crippen LogP contribution in [0, 0.1) is 11.3 Å². The second-order valence-electron chi connectivity index (χ2n) is 10.9. The van der Waals surface area contributed by atoms with Gasteiger partial charge in [0.05, 0.1) is 22.6 Å². The number of likely N-dealkylation sites (tertiary alicyclic amines) is 1. The van der Waals surface area contributed by atoms with Crippen LogP contribution in [-0.4, -0.2) is 59.5 Å². The molecule has 3 aliphatic rings. The Morgan fingerprint density at radius 1 is 1.11 bits per heavy atom. The summed E-state index contributed by atoms with van der Waals surface area (Å²) in [4.78, 5) is 28.2. The number of carbonyl (C=O) groups excluding carboxylic acids is 1. The van der Waals surface area contributed by atoms with Gasteiger partial charge in [0.15, 0.2) is 0 Å². The average molecular weight is 580 g/mol. The molecule has 1 heterocycles. The van der Waals surface area contributed by atoms with E-state index in [-0.39, 0.29) is 30.0 Å². The van der Waals surface area contributed by atoms with Gasteiger partial charge in [-0.1, -0.05) is 54.4 Å². The van der Waals surface area contributed by atoms with Gasteiger partial charge in [0.1, 0.15) is 0 Å². The Bertz CT molecular complexity index is 1350. The first kappa shape index (κ1) is 27.4. The Hall–Kier alpha value is -2.13. The van der Waals surface area contributed by atoms with Crippen molar-refractivity contribution >= 4 is 45.1 Å². The van der Waals surface area contributed by atoms with E-state index in [1.807, 2.05) is 37.3 Å². The van der Waals surface area contributed by atoms with Gasteiger partial charge in [-0.05, 0) is 67.5 Å². The molecule has 2 aliphatic carbocycles. The number of sulfonamides is 1. The van der Waals surface area contributed by atoms with Crippen molar-refractivity contribution in [1.82, 2.24) is 9.21 Å². The van der Waals surface area contributed by atoms with Crippen LogP contribution in [0.5, 0.6) is 0 Å². The molecule has 2 saturated carbocycles. The zero-order valence-corrected chi connectivity index (χ0v) is 23.7. The fraction of sp³-hybridized carbons (Fsp3) is 0.500. The first-order chi connectivity index (χ1) is 18.0. The molecule has 0 unspecified atom stereocenters. The Kier molecular flexibility index (Phi) is 7.31. The van der Waals surface area contributed by atoms with Gasteiger partial charge in [-0.25, -0.2) is 12.7 Å². The van der Waals surface area contributed by atoms with Crippen molar-refractivity contribution in [3.05, 3.63) is 69.7 Å². The van der Waals surface area contributed by atoms with Gasteiger partial charge in [0, 0.05) is 35.6 Å². The van der Waals surface area contributed by atoms with E-state index in [1.54, 1.807) is 30.1 Å². The average Bonchev–Trinajstić information content (AvgIpc) is 3.80. The van der Waals surface area contributed by atoms with Gasteiger partial charge >= 0.3 is 5.97 Å². The highest BCUT2D eigenvalue weighted by Gasteiger charge is 2.69. The zero-order chi connectivity index (χ0) is 27.4. The lowest BCUT2D eigenvalue weighted by molar-refractivity contribution is -0.154. The summed E-state index contributed by atoms with van der Waals surface area (Å²) in [6.45, 7) is 2.08. The second-order valence-corrected chi connectivity index (χ2v) is 14.1. The number of rotatable bonds is 9. The predicted octanol–water partition coefficient (Wildman–Crippen LogP) is 5.34. The molecular formula is C28H32Cl2N2O5S. The highest BCUT2D eigenvalue weighted by Crippen LogP contribution is 2.65. The first-order valence-electron chi connectivity index (χ1n) is 13.0. The standard InChI is InChI=1S/C28H32Cl2N2O5S/c1-3-21(16-31(2)38(36,37)22-11-12-22)32-25(17-7-9-19(29)10-8-17)23(18-5-4-6-20(30)13-18)14-28(27(32)35)15-24(28)26(33)34/h4-10,13,21-25H,3,11-12,14-16H2,1-2H3,(H,33,34)/t21-,23+,24+,25+,28-/m0/s1. The van der Waals surface area contributed by atoms with Crippen LogP contribution >= 0.6 is 23.2 Å². The molecule has 38 heavy (non-hydrogen) atoms. The minimum Gasteiger partial charge on any atom is -0.481 e. The van der Waals surface area contributed by atoms with Gasteiger partial charge < -0.3 is 10.0 Å². The molecule has 10 heteroatoms. The number of halogens is 2. The smallest absolute Gasteiger partial charge is 0.307 e. The number of carbonyl (C=O) groups is 2. The van der Waals surface area contributed by atoms with Crippen molar-refractivity contribution < 1.29 is 23.1 Å². The molecule has 5 atom stereocenters. The minimum atomic E-state index is -3.46. The van der Waals surface area contributed by atoms with Crippen LogP contribution < -0.4 is 0 Å². The summed E-state index contributed by atoms with van der Waals surface area (Å²) < 4.78 is 27.4. The molecule has 1 aliphatic heterocycles. The Morgan fingerprint density at radius 3 is 2.34 bits per heavy atom. The van der Waals surface area contributed by atoms with Crippen molar-refractivity contribution in [3.63, 3.8) is 0 Å². The Morgan fingerprint density at radius 2 is 1.79 bits per heavy atom. The molecule has 1 N–H and O–H groups in total. The Balaban J connectivity index is 1.63. The molecule has 0 bridgehead atoms. The molecule has 1 spiro atoms. The summed E-state index contributed by atoms with van der Waals surface area (Å²) >= 11 is 12.6. The van der Waals surface area contributed by atoms with E-state index < -0.39 is 39.4 Å². The van der Waals surface area contributed by atoms with Gasteiger partial charge in [-0.2, -0.15) is 0 Å². The maximum Gasteiger partial charge on any atom is 0.307 e. The molecule has 0 aromatic heterocycles. The fourth-order valence-electron chi connectivity index (χ4n) is 6.18. The molecule has 3 fully saturated rings. The number of benzene rings is 2. The number of carboxylic acid groups (broad SMARTS) is 1. The largest absolute Gasteiger partial charge is 0.481 e. The van der Waals surface area contributed by atoms with E-state index in [9.17, 15) is 23.1 Å². The van der Waals surface area contributed by atoms with Crippen molar-refractivity contribution in [2.24, 2.45) is 11.3 Å².